The van der Waals surface area contributed by atoms with Crippen molar-refractivity contribution in [1.29, 1.82) is 0 Å². The molecule has 1 N–H and O–H groups in total. The Morgan fingerprint density at radius 2 is 1.72 bits per heavy atom. The summed E-state index contributed by atoms with van der Waals surface area (Å²) in [5.41, 5.74) is 0.807. The Hall–Kier alpha value is -2.64. The fourth-order valence-electron chi connectivity index (χ4n) is 2.09. The van der Waals surface area contributed by atoms with Crippen molar-refractivity contribution in [2.75, 3.05) is 4.72 Å². The van der Waals surface area contributed by atoms with Crippen molar-refractivity contribution in [3.63, 3.8) is 0 Å². The van der Waals surface area contributed by atoms with Crippen LogP contribution in [-0.4, -0.2) is 18.4 Å². The predicted molar refractivity (Wildman–Crippen MR) is 95.5 cm³/mol. The van der Waals surface area contributed by atoms with Crippen LogP contribution in [0.3, 0.4) is 0 Å². The van der Waals surface area contributed by atoms with Crippen LogP contribution in [0.15, 0.2) is 65.8 Å². The summed E-state index contributed by atoms with van der Waals surface area (Å²) in [6.45, 7) is 1.69. The number of anilines is 1. The molecule has 0 spiro atoms. The lowest BCUT2D eigenvalue weighted by Crippen LogP contribution is -2.14. The van der Waals surface area contributed by atoms with Crippen LogP contribution < -0.4 is 9.46 Å². The summed E-state index contributed by atoms with van der Waals surface area (Å²) >= 11 is 5.89. The van der Waals surface area contributed by atoms with Crippen molar-refractivity contribution >= 4 is 27.3 Å². The number of nitrogens with zero attached hydrogens (tertiary/aromatic N) is 2. The molecule has 25 heavy (non-hydrogen) atoms. The van der Waals surface area contributed by atoms with Crippen LogP contribution in [0.1, 0.15) is 5.56 Å². The Morgan fingerprint density at radius 1 is 1.04 bits per heavy atom. The minimum Gasteiger partial charge on any atom is -0.424 e. The van der Waals surface area contributed by atoms with Crippen LogP contribution >= 0.6 is 11.6 Å². The van der Waals surface area contributed by atoms with Gasteiger partial charge in [-0.3, -0.25) is 4.72 Å². The van der Waals surface area contributed by atoms with E-state index < -0.39 is 10.0 Å². The van der Waals surface area contributed by atoms with Gasteiger partial charge in [0.2, 0.25) is 0 Å². The van der Waals surface area contributed by atoms with Gasteiger partial charge >= 0.3 is 6.01 Å². The molecule has 0 atom stereocenters. The summed E-state index contributed by atoms with van der Waals surface area (Å²) in [4.78, 5) is 8.11. The van der Waals surface area contributed by atoms with E-state index in [-0.39, 0.29) is 16.6 Å². The van der Waals surface area contributed by atoms with Gasteiger partial charge in [0, 0.05) is 5.02 Å². The maximum absolute atomic E-state index is 12.5. The number of hydrogen-bond donors (Lipinski definition) is 1. The fourth-order valence-corrected chi connectivity index (χ4v) is 3.63. The zero-order valence-corrected chi connectivity index (χ0v) is 14.8. The molecule has 0 saturated carbocycles. The third-order valence-corrected chi connectivity index (χ3v) is 5.03. The molecular formula is C17H14ClN3O3S. The standard InChI is InChI=1S/C17H14ClN3O3S/c1-12-7-8-13(18)9-16(12)25(22,23)21-14-10-19-17(20-11-14)24-15-5-3-2-4-6-15/h2-11,21H,1H3. The van der Waals surface area contributed by atoms with E-state index in [1.165, 1.54) is 18.5 Å². The number of halogens is 1. The maximum Gasteiger partial charge on any atom is 0.322 e. The molecule has 0 bridgehead atoms. The van der Waals surface area contributed by atoms with Crippen LogP contribution in [0.5, 0.6) is 11.8 Å². The van der Waals surface area contributed by atoms with Gasteiger partial charge in [-0.1, -0.05) is 35.9 Å². The SMILES string of the molecule is Cc1ccc(Cl)cc1S(=O)(=O)Nc1cnc(Oc2ccccc2)nc1. The molecule has 128 valence electrons. The Labute approximate surface area is 150 Å². The molecule has 0 amide bonds. The second-order valence-corrected chi connectivity index (χ2v) is 7.27. The second kappa shape index (κ2) is 7.08. The molecule has 0 aliphatic heterocycles. The quantitative estimate of drug-likeness (QED) is 0.728. The van der Waals surface area contributed by atoms with E-state index in [0.717, 1.165) is 0 Å². The minimum absolute atomic E-state index is 0.101. The highest BCUT2D eigenvalue weighted by molar-refractivity contribution is 7.92. The Morgan fingerprint density at radius 3 is 2.40 bits per heavy atom. The highest BCUT2D eigenvalue weighted by Crippen LogP contribution is 2.23. The molecule has 0 unspecified atom stereocenters. The Kier molecular flexibility index (Phi) is 4.87. The smallest absolute Gasteiger partial charge is 0.322 e. The number of hydrogen-bond acceptors (Lipinski definition) is 5. The van der Waals surface area contributed by atoms with Crippen molar-refractivity contribution in [3.8, 4) is 11.8 Å². The molecular weight excluding hydrogens is 362 g/mol. The Bertz CT molecular complexity index is 978. The number of benzene rings is 2. The highest BCUT2D eigenvalue weighted by atomic mass is 35.5. The van der Waals surface area contributed by atoms with Crippen LogP contribution in [0, 0.1) is 6.92 Å². The van der Waals surface area contributed by atoms with Gasteiger partial charge in [-0.05, 0) is 36.8 Å². The highest BCUT2D eigenvalue weighted by Gasteiger charge is 2.18. The number of sulfonamides is 1. The third kappa shape index (κ3) is 4.26. The molecule has 0 aliphatic rings. The third-order valence-electron chi connectivity index (χ3n) is 3.27. The topological polar surface area (TPSA) is 81.2 Å². The first kappa shape index (κ1) is 17.2. The number of aromatic nitrogens is 2. The van der Waals surface area contributed by atoms with Crippen LogP contribution in [-0.2, 0) is 10.0 Å². The van der Waals surface area contributed by atoms with Crippen LogP contribution in [0.2, 0.25) is 5.02 Å². The fraction of sp³-hybridized carbons (Fsp3) is 0.0588. The summed E-state index contributed by atoms with van der Waals surface area (Å²) in [6, 6.07) is 13.8. The summed E-state index contributed by atoms with van der Waals surface area (Å²) in [7, 11) is -3.79. The van der Waals surface area contributed by atoms with Gasteiger partial charge in [-0.15, -0.1) is 0 Å². The second-order valence-electron chi connectivity index (χ2n) is 5.18. The van der Waals surface area contributed by atoms with Crippen molar-refractivity contribution in [1.82, 2.24) is 9.97 Å². The summed E-state index contributed by atoms with van der Waals surface area (Å²) in [6.07, 6.45) is 2.67. The molecule has 1 heterocycles. The first-order valence-corrected chi connectivity index (χ1v) is 9.14. The monoisotopic (exact) mass is 375 g/mol. The van der Waals surface area contributed by atoms with Gasteiger partial charge in [0.15, 0.2) is 0 Å². The van der Waals surface area contributed by atoms with E-state index >= 15 is 0 Å². The van der Waals surface area contributed by atoms with E-state index in [4.69, 9.17) is 16.3 Å². The largest absolute Gasteiger partial charge is 0.424 e. The molecule has 6 nitrogen and oxygen atoms in total. The number of nitrogens with one attached hydrogen (secondary N) is 1. The number of ether oxygens (including phenoxy) is 1. The van der Waals surface area contributed by atoms with Gasteiger partial charge in [0.05, 0.1) is 23.0 Å². The van der Waals surface area contributed by atoms with Gasteiger partial charge in [-0.2, -0.15) is 0 Å². The van der Waals surface area contributed by atoms with Crippen molar-refractivity contribution in [2.24, 2.45) is 0 Å². The van der Waals surface area contributed by atoms with Crippen LogP contribution in [0.4, 0.5) is 5.69 Å². The lowest BCUT2D eigenvalue weighted by atomic mass is 10.2. The normalized spacial score (nSPS) is 11.1. The van der Waals surface area contributed by atoms with Gasteiger partial charge in [-0.25, -0.2) is 18.4 Å². The maximum atomic E-state index is 12.5. The number of rotatable bonds is 5. The predicted octanol–water partition coefficient (Wildman–Crippen LogP) is 4.03. The molecule has 1 aromatic heterocycles. The molecule has 2 aromatic carbocycles. The van der Waals surface area contributed by atoms with E-state index in [1.54, 1.807) is 31.2 Å². The van der Waals surface area contributed by atoms with Crippen LogP contribution in [0.25, 0.3) is 0 Å². The average molecular weight is 376 g/mol. The van der Waals surface area contributed by atoms with E-state index in [9.17, 15) is 8.42 Å². The van der Waals surface area contributed by atoms with E-state index in [2.05, 4.69) is 14.7 Å². The van der Waals surface area contributed by atoms with Crippen molar-refractivity contribution in [2.45, 2.75) is 11.8 Å². The summed E-state index contributed by atoms with van der Waals surface area (Å²) < 4.78 is 32.9. The van der Waals surface area contributed by atoms with Gasteiger partial charge in [0.1, 0.15) is 5.75 Å². The summed E-state index contributed by atoms with van der Waals surface area (Å²) in [5, 5.41) is 0.342. The lowest BCUT2D eigenvalue weighted by molar-refractivity contribution is 0.442. The molecule has 3 aromatic rings. The van der Waals surface area contributed by atoms with Gasteiger partial charge in [0.25, 0.3) is 10.0 Å². The van der Waals surface area contributed by atoms with Crippen molar-refractivity contribution in [3.05, 3.63) is 71.5 Å². The number of aryl methyl sites for hydroxylation is 1. The van der Waals surface area contributed by atoms with Gasteiger partial charge < -0.3 is 4.74 Å². The first-order chi connectivity index (χ1) is 11.9. The summed E-state index contributed by atoms with van der Waals surface area (Å²) in [5.74, 6) is 0.588. The average Bonchev–Trinajstić information content (AvgIpc) is 2.59. The molecule has 0 saturated heterocycles. The zero-order chi connectivity index (χ0) is 17.9. The first-order valence-electron chi connectivity index (χ1n) is 7.28. The van der Waals surface area contributed by atoms with Crippen molar-refractivity contribution < 1.29 is 13.2 Å². The lowest BCUT2D eigenvalue weighted by Gasteiger charge is -2.10. The Balaban J connectivity index is 1.78. The molecule has 0 aliphatic carbocycles. The number of para-hydroxylation sites is 1. The molecule has 8 heteroatoms. The van der Waals surface area contributed by atoms with E-state index in [0.29, 0.717) is 16.3 Å². The zero-order valence-electron chi connectivity index (χ0n) is 13.2. The minimum atomic E-state index is -3.79. The molecule has 3 rings (SSSR count). The molecule has 0 fully saturated rings. The molecule has 0 radical (unpaired) electrons. The van der Waals surface area contributed by atoms with E-state index in [1.807, 2.05) is 18.2 Å².